The standard InChI is InChI=1S/C26H18S/c1-15-7-5-10-17-18-13-14-22-26(19-9-3-4-12-21(19)27-22)25(18)20-11-6-8-16(2)24(20)23(15)17/h3-14H,1-2H3. The molecule has 0 nitrogen and oxygen atoms in total. The Labute approximate surface area is 161 Å². The summed E-state index contributed by atoms with van der Waals surface area (Å²) in [5, 5.41) is 11.1. The zero-order chi connectivity index (χ0) is 18.1. The zero-order valence-electron chi connectivity index (χ0n) is 15.3. The van der Waals surface area contributed by atoms with Crippen molar-refractivity contribution in [3.63, 3.8) is 0 Å². The highest BCUT2D eigenvalue weighted by Crippen LogP contribution is 2.45. The monoisotopic (exact) mass is 362 g/mol. The number of hydrogen-bond donors (Lipinski definition) is 0. The van der Waals surface area contributed by atoms with Crippen molar-refractivity contribution in [2.45, 2.75) is 13.8 Å². The largest absolute Gasteiger partial charge is 0.135 e. The van der Waals surface area contributed by atoms with Crippen LogP contribution in [0.5, 0.6) is 0 Å². The van der Waals surface area contributed by atoms with Gasteiger partial charge in [-0.15, -0.1) is 11.3 Å². The summed E-state index contributed by atoms with van der Waals surface area (Å²) in [6, 6.07) is 26.9. The van der Waals surface area contributed by atoms with Crippen LogP contribution >= 0.6 is 11.3 Å². The van der Waals surface area contributed by atoms with E-state index in [1.807, 2.05) is 11.3 Å². The van der Waals surface area contributed by atoms with Crippen molar-refractivity contribution in [3.05, 3.63) is 83.9 Å². The van der Waals surface area contributed by atoms with E-state index in [1.165, 1.54) is 63.6 Å². The van der Waals surface area contributed by atoms with Crippen LogP contribution in [0.4, 0.5) is 0 Å². The molecule has 0 saturated carbocycles. The highest BCUT2D eigenvalue weighted by atomic mass is 32.1. The van der Waals surface area contributed by atoms with Crippen LogP contribution in [0.3, 0.4) is 0 Å². The normalized spacial score (nSPS) is 12.1. The van der Waals surface area contributed by atoms with Gasteiger partial charge in [-0.1, -0.05) is 60.7 Å². The Morgan fingerprint density at radius 1 is 0.444 bits per heavy atom. The molecule has 5 aromatic carbocycles. The third-order valence-corrected chi connectivity index (χ3v) is 7.03. The zero-order valence-corrected chi connectivity index (χ0v) is 16.2. The van der Waals surface area contributed by atoms with Gasteiger partial charge >= 0.3 is 0 Å². The van der Waals surface area contributed by atoms with Gasteiger partial charge in [0.2, 0.25) is 0 Å². The molecule has 6 aromatic rings. The van der Waals surface area contributed by atoms with Gasteiger partial charge in [0.1, 0.15) is 0 Å². The molecule has 1 heterocycles. The minimum atomic E-state index is 1.35. The lowest BCUT2D eigenvalue weighted by Crippen LogP contribution is -1.88. The summed E-state index contributed by atoms with van der Waals surface area (Å²) in [4.78, 5) is 0. The lowest BCUT2D eigenvalue weighted by molar-refractivity contribution is 1.52. The average molecular weight is 362 g/mol. The highest BCUT2D eigenvalue weighted by Gasteiger charge is 2.16. The van der Waals surface area contributed by atoms with Crippen molar-refractivity contribution in [2.24, 2.45) is 0 Å². The van der Waals surface area contributed by atoms with Gasteiger partial charge in [0.15, 0.2) is 0 Å². The Kier molecular flexibility index (Phi) is 2.99. The maximum Gasteiger partial charge on any atom is 0.0362 e. The summed E-state index contributed by atoms with van der Waals surface area (Å²) in [6.45, 7) is 4.48. The maximum atomic E-state index is 2.33. The van der Waals surface area contributed by atoms with E-state index in [1.54, 1.807) is 0 Å². The first kappa shape index (κ1) is 15.2. The van der Waals surface area contributed by atoms with Gasteiger partial charge < -0.3 is 0 Å². The first-order chi connectivity index (χ1) is 13.2. The van der Waals surface area contributed by atoms with E-state index in [0.717, 1.165) is 0 Å². The topological polar surface area (TPSA) is 0 Å². The van der Waals surface area contributed by atoms with Crippen molar-refractivity contribution >= 4 is 63.8 Å². The van der Waals surface area contributed by atoms with Crippen LogP contribution in [-0.2, 0) is 0 Å². The molecule has 0 saturated heterocycles. The van der Waals surface area contributed by atoms with E-state index in [9.17, 15) is 0 Å². The van der Waals surface area contributed by atoms with Crippen molar-refractivity contribution in [1.82, 2.24) is 0 Å². The van der Waals surface area contributed by atoms with Crippen LogP contribution in [0, 0.1) is 13.8 Å². The molecule has 128 valence electrons. The molecular formula is C26H18S. The molecule has 6 rings (SSSR count). The Morgan fingerprint density at radius 2 is 1.07 bits per heavy atom. The predicted molar refractivity (Wildman–Crippen MR) is 121 cm³/mol. The van der Waals surface area contributed by atoms with Crippen LogP contribution < -0.4 is 0 Å². The Bertz CT molecular complexity index is 1530. The van der Waals surface area contributed by atoms with Crippen LogP contribution in [0.15, 0.2) is 72.8 Å². The maximum absolute atomic E-state index is 2.33. The lowest BCUT2D eigenvalue weighted by atomic mass is 9.88. The van der Waals surface area contributed by atoms with Crippen molar-refractivity contribution in [1.29, 1.82) is 0 Å². The predicted octanol–water partition coefficient (Wildman–Crippen LogP) is 8.13. The van der Waals surface area contributed by atoms with Crippen LogP contribution in [0.25, 0.3) is 52.5 Å². The summed E-state index contributed by atoms with van der Waals surface area (Å²) in [6.07, 6.45) is 0. The quantitative estimate of drug-likeness (QED) is 0.239. The van der Waals surface area contributed by atoms with Crippen LogP contribution in [-0.4, -0.2) is 0 Å². The summed E-state index contributed by atoms with van der Waals surface area (Å²) in [7, 11) is 0. The number of aryl methyl sites for hydroxylation is 2. The molecule has 0 spiro atoms. The van der Waals surface area contributed by atoms with Gasteiger partial charge in [-0.05, 0) is 69.4 Å². The third kappa shape index (κ3) is 1.92. The van der Waals surface area contributed by atoms with Gasteiger partial charge in [-0.2, -0.15) is 0 Å². The fraction of sp³-hybridized carbons (Fsp3) is 0.0769. The van der Waals surface area contributed by atoms with E-state index in [4.69, 9.17) is 0 Å². The minimum absolute atomic E-state index is 1.35. The van der Waals surface area contributed by atoms with E-state index in [-0.39, 0.29) is 0 Å². The van der Waals surface area contributed by atoms with Gasteiger partial charge in [0, 0.05) is 20.2 Å². The number of hydrogen-bond acceptors (Lipinski definition) is 1. The van der Waals surface area contributed by atoms with E-state index >= 15 is 0 Å². The smallest absolute Gasteiger partial charge is 0.0362 e. The molecule has 0 aliphatic rings. The molecule has 0 radical (unpaired) electrons. The van der Waals surface area contributed by atoms with Crippen molar-refractivity contribution < 1.29 is 0 Å². The summed E-state index contributed by atoms with van der Waals surface area (Å²) >= 11 is 1.90. The van der Waals surface area contributed by atoms with Crippen LogP contribution in [0.2, 0.25) is 0 Å². The van der Waals surface area contributed by atoms with Gasteiger partial charge in [0.25, 0.3) is 0 Å². The number of thiophene rings is 1. The minimum Gasteiger partial charge on any atom is -0.135 e. The molecule has 0 atom stereocenters. The van der Waals surface area contributed by atoms with Gasteiger partial charge in [-0.3, -0.25) is 0 Å². The summed E-state index contributed by atoms with van der Waals surface area (Å²) in [5.41, 5.74) is 2.70. The van der Waals surface area contributed by atoms with Gasteiger partial charge in [-0.25, -0.2) is 0 Å². The molecule has 27 heavy (non-hydrogen) atoms. The first-order valence-corrected chi connectivity index (χ1v) is 10.2. The third-order valence-electron chi connectivity index (χ3n) is 5.90. The second-order valence-electron chi connectivity index (χ2n) is 7.45. The Balaban J connectivity index is 2.07. The second kappa shape index (κ2) is 5.31. The molecular weight excluding hydrogens is 344 g/mol. The summed E-state index contributed by atoms with van der Waals surface area (Å²) < 4.78 is 2.74. The van der Waals surface area contributed by atoms with Gasteiger partial charge in [0.05, 0.1) is 0 Å². The first-order valence-electron chi connectivity index (χ1n) is 9.38. The molecule has 0 unspecified atom stereocenters. The number of fused-ring (bicyclic) bond motifs is 10. The molecule has 0 fully saturated rings. The Morgan fingerprint density at radius 3 is 1.89 bits per heavy atom. The van der Waals surface area contributed by atoms with Crippen molar-refractivity contribution in [3.8, 4) is 0 Å². The van der Waals surface area contributed by atoms with E-state index in [2.05, 4.69) is 86.6 Å². The number of benzene rings is 5. The van der Waals surface area contributed by atoms with E-state index in [0.29, 0.717) is 0 Å². The highest BCUT2D eigenvalue weighted by molar-refractivity contribution is 7.26. The second-order valence-corrected chi connectivity index (χ2v) is 8.54. The van der Waals surface area contributed by atoms with Crippen LogP contribution in [0.1, 0.15) is 11.1 Å². The average Bonchev–Trinajstić information content (AvgIpc) is 3.07. The number of rotatable bonds is 0. The molecule has 0 aliphatic heterocycles. The molecule has 0 aliphatic carbocycles. The lowest BCUT2D eigenvalue weighted by Gasteiger charge is -2.15. The molecule has 0 bridgehead atoms. The SMILES string of the molecule is Cc1cccc2c3ccc4sc5ccccc5c4c3c3cccc(C)c3c12. The summed E-state index contributed by atoms with van der Waals surface area (Å²) in [5.74, 6) is 0. The molecule has 0 amide bonds. The molecule has 1 aromatic heterocycles. The molecule has 1 heteroatoms. The van der Waals surface area contributed by atoms with E-state index < -0.39 is 0 Å². The Hall–Kier alpha value is -2.90. The van der Waals surface area contributed by atoms with Crippen molar-refractivity contribution in [2.75, 3.05) is 0 Å². The molecule has 0 N–H and O–H groups in total. The fourth-order valence-electron chi connectivity index (χ4n) is 4.75. The fourth-order valence-corrected chi connectivity index (χ4v) is 5.87.